The molecule has 25 heavy (non-hydrogen) atoms. The zero-order chi connectivity index (χ0) is 17.2. The maximum Gasteiger partial charge on any atom is 0.247 e. The van der Waals surface area contributed by atoms with E-state index in [1.165, 1.54) is 0 Å². The van der Waals surface area contributed by atoms with Gasteiger partial charge in [-0.3, -0.25) is 0 Å². The predicted octanol–water partition coefficient (Wildman–Crippen LogP) is 5.37. The van der Waals surface area contributed by atoms with Gasteiger partial charge in [0, 0.05) is 17.0 Å². The average Bonchev–Trinajstić information content (AvgIpc) is 2.99. The number of aromatic nitrogens is 3. The number of hydrogen-bond donors (Lipinski definition) is 1. The fraction of sp³-hybridized carbons (Fsp3) is 0.235. The Bertz CT molecular complexity index is 902. The van der Waals surface area contributed by atoms with Crippen molar-refractivity contribution in [2.75, 3.05) is 11.1 Å². The Morgan fingerprint density at radius 3 is 2.92 bits per heavy atom. The number of thioether (sulfide) groups is 1. The van der Waals surface area contributed by atoms with Gasteiger partial charge in [0.05, 0.1) is 8.66 Å². The highest BCUT2D eigenvalue weighted by atomic mass is 79.9. The molecule has 0 bridgehead atoms. The van der Waals surface area contributed by atoms with Gasteiger partial charge in [0.15, 0.2) is 5.69 Å². The lowest BCUT2D eigenvalue weighted by atomic mass is 10.1. The highest BCUT2D eigenvalue weighted by Gasteiger charge is 2.26. The summed E-state index contributed by atoms with van der Waals surface area (Å²) in [5.74, 6) is 1.47. The van der Waals surface area contributed by atoms with Crippen molar-refractivity contribution in [1.82, 2.24) is 15.2 Å². The number of thiophene rings is 1. The molecule has 2 aromatic heterocycles. The molecule has 0 amide bonds. The van der Waals surface area contributed by atoms with Gasteiger partial charge in [0.1, 0.15) is 0 Å². The van der Waals surface area contributed by atoms with E-state index in [0.717, 1.165) is 32.1 Å². The Morgan fingerprint density at radius 2 is 2.12 bits per heavy atom. The minimum absolute atomic E-state index is 0.320. The van der Waals surface area contributed by atoms with Gasteiger partial charge in [0.2, 0.25) is 17.3 Å². The molecule has 3 aromatic rings. The van der Waals surface area contributed by atoms with E-state index in [-0.39, 0.29) is 6.23 Å². The van der Waals surface area contributed by atoms with Crippen LogP contribution in [-0.4, -0.2) is 20.9 Å². The van der Waals surface area contributed by atoms with Gasteiger partial charge in [-0.25, -0.2) is 0 Å². The van der Waals surface area contributed by atoms with E-state index < -0.39 is 0 Å². The van der Waals surface area contributed by atoms with Crippen molar-refractivity contribution in [3.8, 4) is 17.1 Å². The van der Waals surface area contributed by atoms with Crippen molar-refractivity contribution >= 4 is 44.7 Å². The summed E-state index contributed by atoms with van der Waals surface area (Å²) in [4.78, 5) is 5.68. The number of para-hydroxylation sites is 1. The zero-order valence-corrected chi connectivity index (χ0v) is 16.6. The summed E-state index contributed by atoms with van der Waals surface area (Å²) < 4.78 is 7.27. The number of nitrogens with zero attached hydrogens (tertiary/aromatic N) is 3. The lowest BCUT2D eigenvalue weighted by Gasteiger charge is -2.17. The minimum atomic E-state index is -0.320. The molecule has 1 N–H and O–H groups in total. The van der Waals surface area contributed by atoms with Gasteiger partial charge in [-0.2, -0.15) is 4.98 Å². The van der Waals surface area contributed by atoms with Crippen LogP contribution in [0.5, 0.6) is 5.88 Å². The first-order chi connectivity index (χ1) is 12.2. The molecule has 0 spiro atoms. The highest BCUT2D eigenvalue weighted by Crippen LogP contribution is 2.41. The molecular formula is C17H15BrN4OS2. The van der Waals surface area contributed by atoms with Crippen LogP contribution in [0, 0.1) is 0 Å². The summed E-state index contributed by atoms with van der Waals surface area (Å²) >= 11 is 6.74. The van der Waals surface area contributed by atoms with Crippen LogP contribution in [0.2, 0.25) is 0 Å². The lowest BCUT2D eigenvalue weighted by molar-refractivity contribution is 0.229. The Kier molecular flexibility index (Phi) is 4.91. The SMILES string of the molecule is CCCSc1nnc2c(n1)O[C@H](c1ccc(Br)s1)Nc1ccccc1-2. The molecule has 1 atom stereocenters. The molecule has 0 fully saturated rings. The molecular weight excluding hydrogens is 420 g/mol. The number of anilines is 1. The first-order valence-electron chi connectivity index (χ1n) is 7.90. The normalized spacial score (nSPS) is 15.5. The molecule has 0 saturated heterocycles. The molecule has 1 aliphatic rings. The smallest absolute Gasteiger partial charge is 0.247 e. The van der Waals surface area contributed by atoms with Gasteiger partial charge in [0.25, 0.3) is 0 Å². The summed E-state index contributed by atoms with van der Waals surface area (Å²) in [5, 5.41) is 12.8. The predicted molar refractivity (Wildman–Crippen MR) is 105 cm³/mol. The first-order valence-corrected chi connectivity index (χ1v) is 10.5. The minimum Gasteiger partial charge on any atom is -0.447 e. The Morgan fingerprint density at radius 1 is 1.24 bits per heavy atom. The number of hydrogen-bond acceptors (Lipinski definition) is 7. The molecule has 1 aromatic carbocycles. The monoisotopic (exact) mass is 434 g/mol. The third-order valence-electron chi connectivity index (χ3n) is 3.62. The lowest BCUT2D eigenvalue weighted by Crippen LogP contribution is -2.15. The molecule has 8 heteroatoms. The van der Waals surface area contributed by atoms with Crippen molar-refractivity contribution < 1.29 is 4.74 Å². The zero-order valence-electron chi connectivity index (χ0n) is 13.4. The molecule has 3 heterocycles. The Labute approximate surface area is 162 Å². The van der Waals surface area contributed by atoms with Crippen LogP contribution >= 0.6 is 39.0 Å². The van der Waals surface area contributed by atoms with Crippen molar-refractivity contribution in [1.29, 1.82) is 0 Å². The van der Waals surface area contributed by atoms with Gasteiger partial charge >= 0.3 is 0 Å². The summed E-state index contributed by atoms with van der Waals surface area (Å²) in [6.45, 7) is 2.13. The van der Waals surface area contributed by atoms with Crippen molar-refractivity contribution in [2.24, 2.45) is 0 Å². The second-order valence-electron chi connectivity index (χ2n) is 5.43. The Balaban J connectivity index is 1.79. The maximum atomic E-state index is 6.21. The fourth-order valence-corrected chi connectivity index (χ4v) is 4.54. The number of nitrogens with one attached hydrogen (secondary N) is 1. The molecule has 0 aliphatic carbocycles. The standard InChI is InChI=1S/C17H15BrN4OS2/c1-2-9-24-17-20-16-14(21-22-17)10-5-3-4-6-11(10)19-15(23-16)12-7-8-13(18)25-12/h3-8,15,19H,2,9H2,1H3/t15-/m1/s1. The van der Waals surface area contributed by atoms with Crippen LogP contribution in [0.25, 0.3) is 11.3 Å². The van der Waals surface area contributed by atoms with E-state index in [9.17, 15) is 0 Å². The number of benzene rings is 1. The summed E-state index contributed by atoms with van der Waals surface area (Å²) in [5.41, 5.74) is 2.57. The van der Waals surface area contributed by atoms with Crippen LogP contribution in [0.15, 0.2) is 45.3 Å². The third kappa shape index (κ3) is 3.51. The van der Waals surface area contributed by atoms with E-state index >= 15 is 0 Å². The largest absolute Gasteiger partial charge is 0.447 e. The topological polar surface area (TPSA) is 59.9 Å². The molecule has 0 unspecified atom stereocenters. The van der Waals surface area contributed by atoms with Crippen LogP contribution in [0.4, 0.5) is 5.69 Å². The second kappa shape index (κ2) is 7.31. The number of ether oxygens (including phenoxy) is 1. The molecule has 5 nitrogen and oxygen atoms in total. The van der Waals surface area contributed by atoms with Gasteiger partial charge in [-0.05, 0) is 40.5 Å². The average molecular weight is 435 g/mol. The van der Waals surface area contributed by atoms with E-state index in [4.69, 9.17) is 4.74 Å². The number of rotatable bonds is 4. The quantitative estimate of drug-likeness (QED) is 0.557. The van der Waals surface area contributed by atoms with Crippen LogP contribution in [0.3, 0.4) is 0 Å². The van der Waals surface area contributed by atoms with Gasteiger partial charge < -0.3 is 10.1 Å². The van der Waals surface area contributed by atoms with E-state index in [1.807, 2.05) is 36.4 Å². The molecule has 128 valence electrons. The van der Waals surface area contributed by atoms with Crippen molar-refractivity contribution in [3.63, 3.8) is 0 Å². The van der Waals surface area contributed by atoms with E-state index in [2.05, 4.69) is 43.4 Å². The highest BCUT2D eigenvalue weighted by molar-refractivity contribution is 9.11. The van der Waals surface area contributed by atoms with E-state index in [0.29, 0.717) is 16.7 Å². The number of halogens is 1. The van der Waals surface area contributed by atoms with Crippen LogP contribution < -0.4 is 10.1 Å². The van der Waals surface area contributed by atoms with Crippen LogP contribution in [-0.2, 0) is 0 Å². The molecule has 4 rings (SSSR count). The van der Waals surface area contributed by atoms with Gasteiger partial charge in [-0.15, -0.1) is 21.5 Å². The molecule has 1 aliphatic heterocycles. The summed E-state index contributed by atoms with van der Waals surface area (Å²) in [6, 6.07) is 12.1. The fourth-order valence-electron chi connectivity index (χ4n) is 2.50. The molecule has 0 radical (unpaired) electrons. The second-order valence-corrected chi connectivity index (χ2v) is 8.98. The number of fused-ring (bicyclic) bond motifs is 3. The van der Waals surface area contributed by atoms with Crippen LogP contribution in [0.1, 0.15) is 24.4 Å². The molecule has 0 saturated carbocycles. The maximum absolute atomic E-state index is 6.21. The van der Waals surface area contributed by atoms with Gasteiger partial charge in [-0.1, -0.05) is 36.9 Å². The van der Waals surface area contributed by atoms with Crippen molar-refractivity contribution in [3.05, 3.63) is 45.1 Å². The van der Waals surface area contributed by atoms with Crippen molar-refractivity contribution in [2.45, 2.75) is 24.7 Å². The third-order valence-corrected chi connectivity index (χ3v) is 6.33. The first kappa shape index (κ1) is 16.8. The summed E-state index contributed by atoms with van der Waals surface area (Å²) in [7, 11) is 0. The Hall–Kier alpha value is -1.64. The summed E-state index contributed by atoms with van der Waals surface area (Å²) in [6.07, 6.45) is 0.738. The van der Waals surface area contributed by atoms with E-state index in [1.54, 1.807) is 23.1 Å².